The zero-order valence-electron chi connectivity index (χ0n) is 9.90. The Morgan fingerprint density at radius 3 is 2.75 bits per heavy atom. The molecule has 1 aliphatic rings. The van der Waals surface area contributed by atoms with Gasteiger partial charge in [0.05, 0.1) is 0 Å². The average molecular weight is 223 g/mol. The van der Waals surface area contributed by atoms with Crippen LogP contribution in [0.1, 0.15) is 20.8 Å². The molecule has 6 nitrogen and oxygen atoms in total. The maximum atomic E-state index is 11.7. The van der Waals surface area contributed by atoms with Crippen molar-refractivity contribution in [2.24, 2.45) is 0 Å². The smallest absolute Gasteiger partial charge is 0.353 e. The molecule has 0 spiro atoms. The maximum Gasteiger partial charge on any atom is 0.353 e. The summed E-state index contributed by atoms with van der Waals surface area (Å²) in [7, 11) is 0. The second-order valence-corrected chi connectivity index (χ2v) is 4.10. The predicted octanol–water partition coefficient (Wildman–Crippen LogP) is 0.298. The highest BCUT2D eigenvalue weighted by atomic mass is 16.1. The number of rotatable bonds is 3. The minimum Gasteiger partial charge on any atom is -0.354 e. The third-order valence-electron chi connectivity index (χ3n) is 2.66. The number of anilines is 2. The van der Waals surface area contributed by atoms with Gasteiger partial charge in [0.25, 0.3) is 0 Å². The van der Waals surface area contributed by atoms with E-state index in [1.807, 2.05) is 6.92 Å². The van der Waals surface area contributed by atoms with Crippen molar-refractivity contribution >= 4 is 11.9 Å². The summed E-state index contributed by atoms with van der Waals surface area (Å²) < 4.78 is 1.63. The number of hydrogen-bond acceptors (Lipinski definition) is 5. The van der Waals surface area contributed by atoms with Gasteiger partial charge in [-0.15, -0.1) is 0 Å². The van der Waals surface area contributed by atoms with Crippen LogP contribution in [0.15, 0.2) is 4.79 Å². The molecule has 0 aliphatic carbocycles. The Hall–Kier alpha value is -1.59. The number of aromatic nitrogens is 3. The van der Waals surface area contributed by atoms with E-state index >= 15 is 0 Å². The fraction of sp³-hybridized carbons (Fsp3) is 0.700. The van der Waals surface area contributed by atoms with E-state index in [4.69, 9.17) is 0 Å². The molecule has 0 fully saturated rings. The van der Waals surface area contributed by atoms with Gasteiger partial charge in [0.15, 0.2) is 0 Å². The molecule has 1 aromatic heterocycles. The van der Waals surface area contributed by atoms with Gasteiger partial charge in [-0.1, -0.05) is 0 Å². The van der Waals surface area contributed by atoms with Crippen LogP contribution in [0.25, 0.3) is 0 Å². The van der Waals surface area contributed by atoms with Gasteiger partial charge >= 0.3 is 5.69 Å². The van der Waals surface area contributed by atoms with Crippen molar-refractivity contribution in [2.45, 2.75) is 33.4 Å². The zero-order chi connectivity index (χ0) is 11.7. The molecule has 1 aromatic rings. The highest BCUT2D eigenvalue weighted by Gasteiger charge is 2.24. The van der Waals surface area contributed by atoms with E-state index in [9.17, 15) is 4.79 Å². The fourth-order valence-electron chi connectivity index (χ4n) is 1.87. The summed E-state index contributed by atoms with van der Waals surface area (Å²) in [6, 6.07) is 0.345. The Labute approximate surface area is 94.3 Å². The van der Waals surface area contributed by atoms with Gasteiger partial charge < -0.3 is 10.2 Å². The first-order valence-corrected chi connectivity index (χ1v) is 5.63. The minimum absolute atomic E-state index is 0.218. The van der Waals surface area contributed by atoms with Crippen molar-refractivity contribution in [3.63, 3.8) is 0 Å². The van der Waals surface area contributed by atoms with E-state index in [0.717, 1.165) is 12.5 Å². The summed E-state index contributed by atoms with van der Waals surface area (Å²) in [5, 5.41) is 2.98. The minimum atomic E-state index is -0.218. The molecule has 6 heteroatoms. The summed E-state index contributed by atoms with van der Waals surface area (Å²) in [4.78, 5) is 22.1. The SMILES string of the molecule is CCNc1nc2n(c(=O)n1)CCN2C(C)C. The Bertz CT molecular complexity index is 439. The quantitative estimate of drug-likeness (QED) is 0.798. The molecule has 0 atom stereocenters. The van der Waals surface area contributed by atoms with Gasteiger partial charge in [-0.2, -0.15) is 9.97 Å². The molecule has 2 rings (SSSR count). The van der Waals surface area contributed by atoms with E-state index in [1.165, 1.54) is 0 Å². The molecule has 1 aliphatic heterocycles. The summed E-state index contributed by atoms with van der Waals surface area (Å²) in [6.45, 7) is 8.36. The number of fused-ring (bicyclic) bond motifs is 1. The van der Waals surface area contributed by atoms with E-state index in [0.29, 0.717) is 25.1 Å². The third kappa shape index (κ3) is 1.75. The summed E-state index contributed by atoms with van der Waals surface area (Å²) in [5.74, 6) is 1.15. The molecule has 0 unspecified atom stereocenters. The molecule has 88 valence electrons. The van der Waals surface area contributed by atoms with Crippen molar-refractivity contribution in [1.82, 2.24) is 14.5 Å². The lowest BCUT2D eigenvalue weighted by molar-refractivity contribution is 0.692. The topological polar surface area (TPSA) is 63.1 Å². The van der Waals surface area contributed by atoms with Crippen LogP contribution in [0.2, 0.25) is 0 Å². The molecule has 0 amide bonds. The van der Waals surface area contributed by atoms with Gasteiger partial charge in [0.1, 0.15) is 0 Å². The first kappa shape index (κ1) is 10.9. The van der Waals surface area contributed by atoms with E-state index in [2.05, 4.69) is 34.0 Å². The van der Waals surface area contributed by atoms with E-state index < -0.39 is 0 Å². The first-order chi connectivity index (χ1) is 7.63. The van der Waals surface area contributed by atoms with Crippen LogP contribution in [0.5, 0.6) is 0 Å². The van der Waals surface area contributed by atoms with Gasteiger partial charge in [0, 0.05) is 25.7 Å². The second kappa shape index (κ2) is 4.11. The lowest BCUT2D eigenvalue weighted by Crippen LogP contribution is -2.30. The van der Waals surface area contributed by atoms with Crippen molar-refractivity contribution in [3.8, 4) is 0 Å². The van der Waals surface area contributed by atoms with Crippen LogP contribution in [0, 0.1) is 0 Å². The van der Waals surface area contributed by atoms with Gasteiger partial charge in [-0.3, -0.25) is 4.57 Å². The number of nitrogens with zero attached hydrogens (tertiary/aromatic N) is 4. The number of nitrogens with one attached hydrogen (secondary N) is 1. The van der Waals surface area contributed by atoms with Gasteiger partial charge in [-0.25, -0.2) is 4.79 Å². The standard InChI is InChI=1S/C10H17N5O/c1-4-11-8-12-9-14(7(2)3)5-6-15(9)10(16)13-8/h7H,4-6H2,1-3H3,(H,11,13,16). The normalized spacial score (nSPS) is 14.4. The Balaban J connectivity index is 2.44. The molecule has 0 bridgehead atoms. The lowest BCUT2D eigenvalue weighted by Gasteiger charge is -2.21. The largest absolute Gasteiger partial charge is 0.354 e. The highest BCUT2D eigenvalue weighted by Crippen LogP contribution is 2.19. The fourth-order valence-corrected chi connectivity index (χ4v) is 1.87. The molecule has 0 saturated heterocycles. The molecule has 1 N–H and O–H groups in total. The zero-order valence-corrected chi connectivity index (χ0v) is 9.90. The second-order valence-electron chi connectivity index (χ2n) is 4.10. The molecular weight excluding hydrogens is 206 g/mol. The van der Waals surface area contributed by atoms with Crippen LogP contribution < -0.4 is 15.9 Å². The molecule has 2 heterocycles. The highest BCUT2D eigenvalue weighted by molar-refractivity contribution is 5.40. The van der Waals surface area contributed by atoms with Crippen LogP contribution in [-0.2, 0) is 6.54 Å². The maximum absolute atomic E-state index is 11.7. The van der Waals surface area contributed by atoms with Crippen LogP contribution >= 0.6 is 0 Å². The molecule has 16 heavy (non-hydrogen) atoms. The van der Waals surface area contributed by atoms with Crippen LogP contribution in [0.4, 0.5) is 11.9 Å². The summed E-state index contributed by atoms with van der Waals surface area (Å²) in [6.07, 6.45) is 0. The summed E-state index contributed by atoms with van der Waals surface area (Å²) in [5.41, 5.74) is -0.218. The van der Waals surface area contributed by atoms with Crippen LogP contribution in [0.3, 0.4) is 0 Å². The molecule has 0 saturated carbocycles. The Morgan fingerprint density at radius 1 is 1.38 bits per heavy atom. The van der Waals surface area contributed by atoms with Crippen molar-refractivity contribution < 1.29 is 0 Å². The van der Waals surface area contributed by atoms with Gasteiger partial charge in [-0.05, 0) is 20.8 Å². The first-order valence-electron chi connectivity index (χ1n) is 5.63. The van der Waals surface area contributed by atoms with E-state index in [1.54, 1.807) is 4.57 Å². The van der Waals surface area contributed by atoms with Crippen molar-refractivity contribution in [2.75, 3.05) is 23.3 Å². The lowest BCUT2D eigenvalue weighted by atomic mass is 10.3. The molecular formula is C10H17N5O. The Morgan fingerprint density at radius 2 is 2.12 bits per heavy atom. The average Bonchev–Trinajstić information content (AvgIpc) is 2.62. The Kier molecular flexibility index (Phi) is 2.80. The van der Waals surface area contributed by atoms with Gasteiger partial charge in [0.2, 0.25) is 11.9 Å². The predicted molar refractivity (Wildman–Crippen MR) is 62.9 cm³/mol. The number of hydrogen-bond donors (Lipinski definition) is 1. The van der Waals surface area contributed by atoms with Crippen molar-refractivity contribution in [3.05, 3.63) is 10.5 Å². The van der Waals surface area contributed by atoms with Crippen molar-refractivity contribution in [1.29, 1.82) is 0 Å². The molecule has 0 aromatic carbocycles. The molecule has 0 radical (unpaired) electrons. The van der Waals surface area contributed by atoms with E-state index in [-0.39, 0.29) is 5.69 Å². The monoisotopic (exact) mass is 223 g/mol. The summed E-state index contributed by atoms with van der Waals surface area (Å²) >= 11 is 0. The third-order valence-corrected chi connectivity index (χ3v) is 2.66. The van der Waals surface area contributed by atoms with Crippen LogP contribution in [-0.4, -0.2) is 33.7 Å².